The zero-order valence-electron chi connectivity index (χ0n) is 18.7. The van der Waals surface area contributed by atoms with E-state index in [1.807, 2.05) is 31.2 Å². The molecule has 0 spiro atoms. The molecule has 0 aliphatic carbocycles. The summed E-state index contributed by atoms with van der Waals surface area (Å²) < 4.78 is 11.9. The molecule has 1 atom stereocenters. The van der Waals surface area contributed by atoms with Gasteiger partial charge in [-0.15, -0.1) is 0 Å². The molecule has 1 aliphatic rings. The second kappa shape index (κ2) is 9.37. The molecule has 0 radical (unpaired) electrons. The molecule has 0 saturated heterocycles. The van der Waals surface area contributed by atoms with E-state index < -0.39 is 6.04 Å². The van der Waals surface area contributed by atoms with Crippen LogP contribution in [0.5, 0.6) is 5.75 Å². The minimum atomic E-state index is -0.514. The molecule has 0 fully saturated rings. The van der Waals surface area contributed by atoms with Crippen molar-refractivity contribution in [2.24, 2.45) is 0 Å². The van der Waals surface area contributed by atoms with Crippen LogP contribution >= 0.6 is 11.6 Å². The fourth-order valence-electron chi connectivity index (χ4n) is 4.16. The molecule has 32 heavy (non-hydrogen) atoms. The van der Waals surface area contributed by atoms with Crippen molar-refractivity contribution in [3.63, 3.8) is 0 Å². The Kier molecular flexibility index (Phi) is 6.56. The fraction of sp³-hybridized carbons (Fsp3) is 0.385. The molecule has 168 valence electrons. The van der Waals surface area contributed by atoms with Crippen molar-refractivity contribution in [2.45, 2.75) is 52.5 Å². The Morgan fingerprint density at radius 1 is 1.09 bits per heavy atom. The maximum absolute atomic E-state index is 13.6. The summed E-state index contributed by atoms with van der Waals surface area (Å²) in [6, 6.07) is 10.5. The van der Waals surface area contributed by atoms with Gasteiger partial charge in [0.1, 0.15) is 11.3 Å². The van der Waals surface area contributed by atoms with Crippen molar-refractivity contribution < 1.29 is 13.9 Å². The van der Waals surface area contributed by atoms with Gasteiger partial charge in [0, 0.05) is 11.6 Å². The summed E-state index contributed by atoms with van der Waals surface area (Å²) in [4.78, 5) is 28.7. The quantitative estimate of drug-likeness (QED) is 0.376. The molecule has 4 rings (SSSR count). The molecule has 0 saturated carbocycles. The van der Waals surface area contributed by atoms with E-state index in [0.717, 1.165) is 42.6 Å². The SMILES string of the molecule is CCCCOc1cccc(C2c3c(oc4cc(C)c(Cl)cc4c3=O)C(=O)N2CCCC)c1. The summed E-state index contributed by atoms with van der Waals surface area (Å²) in [5, 5.41) is 0.893. The molecule has 1 aliphatic heterocycles. The number of rotatable bonds is 8. The predicted octanol–water partition coefficient (Wildman–Crippen LogP) is 6.28. The largest absolute Gasteiger partial charge is 0.494 e. The molecular weight excluding hydrogens is 426 g/mol. The monoisotopic (exact) mass is 453 g/mol. The molecule has 0 N–H and O–H groups in total. The molecule has 3 aromatic rings. The number of aryl methyl sites for hydroxylation is 1. The number of hydrogen-bond donors (Lipinski definition) is 0. The highest BCUT2D eigenvalue weighted by Gasteiger charge is 2.42. The average Bonchev–Trinajstić information content (AvgIpc) is 3.06. The number of hydrogen-bond acceptors (Lipinski definition) is 4. The minimum absolute atomic E-state index is 0.127. The first-order valence-electron chi connectivity index (χ1n) is 11.3. The highest BCUT2D eigenvalue weighted by atomic mass is 35.5. The topological polar surface area (TPSA) is 59.8 Å². The zero-order valence-corrected chi connectivity index (χ0v) is 19.5. The van der Waals surface area contributed by atoms with E-state index in [4.69, 9.17) is 20.8 Å². The van der Waals surface area contributed by atoms with Crippen LogP contribution in [-0.4, -0.2) is 24.0 Å². The van der Waals surface area contributed by atoms with Crippen LogP contribution in [0, 0.1) is 6.92 Å². The van der Waals surface area contributed by atoms with Crippen LogP contribution < -0.4 is 10.2 Å². The Balaban J connectivity index is 1.87. The van der Waals surface area contributed by atoms with Crippen LogP contribution in [0.25, 0.3) is 11.0 Å². The molecule has 1 aromatic heterocycles. The summed E-state index contributed by atoms with van der Waals surface area (Å²) in [6.45, 7) is 7.21. The van der Waals surface area contributed by atoms with Gasteiger partial charge >= 0.3 is 0 Å². The van der Waals surface area contributed by atoms with Crippen molar-refractivity contribution in [1.29, 1.82) is 0 Å². The van der Waals surface area contributed by atoms with Crippen LogP contribution in [0.2, 0.25) is 5.02 Å². The Bertz CT molecular complexity index is 1220. The Hall–Kier alpha value is -2.79. The first kappa shape index (κ1) is 22.4. The molecular formula is C26H28ClNO4. The van der Waals surface area contributed by atoms with E-state index in [-0.39, 0.29) is 17.1 Å². The number of carbonyl (C=O) groups excluding carboxylic acids is 1. The van der Waals surface area contributed by atoms with Gasteiger partial charge in [0.05, 0.1) is 23.6 Å². The number of amides is 1. The Morgan fingerprint density at radius 2 is 1.88 bits per heavy atom. The number of halogens is 1. The normalized spacial score (nSPS) is 15.4. The van der Waals surface area contributed by atoms with E-state index >= 15 is 0 Å². The van der Waals surface area contributed by atoms with Crippen molar-refractivity contribution in [3.8, 4) is 5.75 Å². The third-order valence-corrected chi connectivity index (χ3v) is 6.35. The standard InChI is InChI=1S/C26H28ClNO4/c1-4-6-11-28-23(17-9-8-10-18(14-17)31-12-7-5-2)22-24(29)19-15-20(27)16(3)13-21(19)32-25(22)26(28)30/h8-10,13-15,23H,4-7,11-12H2,1-3H3. The van der Waals surface area contributed by atoms with Gasteiger partial charge in [0.2, 0.25) is 5.76 Å². The summed E-state index contributed by atoms with van der Waals surface area (Å²) in [5.74, 6) is 0.612. The van der Waals surface area contributed by atoms with Crippen molar-refractivity contribution >= 4 is 28.5 Å². The first-order chi connectivity index (χ1) is 15.5. The van der Waals surface area contributed by atoms with E-state index in [0.29, 0.717) is 34.7 Å². The van der Waals surface area contributed by atoms with Gasteiger partial charge in [-0.25, -0.2) is 0 Å². The van der Waals surface area contributed by atoms with Gasteiger partial charge in [-0.2, -0.15) is 0 Å². The lowest BCUT2D eigenvalue weighted by Gasteiger charge is -2.25. The van der Waals surface area contributed by atoms with E-state index in [2.05, 4.69) is 13.8 Å². The van der Waals surface area contributed by atoms with Crippen LogP contribution in [0.15, 0.2) is 45.6 Å². The number of fused-ring (bicyclic) bond motifs is 2. The lowest BCUT2D eigenvalue weighted by Crippen LogP contribution is -2.30. The maximum atomic E-state index is 13.6. The number of benzene rings is 2. The highest BCUT2D eigenvalue weighted by Crippen LogP contribution is 2.39. The molecule has 0 bridgehead atoms. The summed E-state index contributed by atoms with van der Waals surface area (Å²) in [7, 11) is 0. The Morgan fingerprint density at radius 3 is 2.62 bits per heavy atom. The summed E-state index contributed by atoms with van der Waals surface area (Å²) >= 11 is 6.30. The van der Waals surface area contributed by atoms with Gasteiger partial charge in [-0.3, -0.25) is 9.59 Å². The fourth-order valence-corrected chi connectivity index (χ4v) is 4.32. The van der Waals surface area contributed by atoms with Gasteiger partial charge in [-0.05, 0) is 55.2 Å². The molecule has 6 heteroatoms. The van der Waals surface area contributed by atoms with Gasteiger partial charge in [0.25, 0.3) is 5.91 Å². The number of carbonyl (C=O) groups is 1. The highest BCUT2D eigenvalue weighted by molar-refractivity contribution is 6.32. The Labute approximate surface area is 192 Å². The summed E-state index contributed by atoms with van der Waals surface area (Å²) in [6.07, 6.45) is 3.78. The lowest BCUT2D eigenvalue weighted by atomic mass is 9.98. The van der Waals surface area contributed by atoms with Crippen LogP contribution in [-0.2, 0) is 0 Å². The van der Waals surface area contributed by atoms with Gasteiger partial charge in [0.15, 0.2) is 5.43 Å². The molecule has 2 heterocycles. The number of nitrogens with zero attached hydrogens (tertiary/aromatic N) is 1. The number of ether oxygens (including phenoxy) is 1. The predicted molar refractivity (Wildman–Crippen MR) is 127 cm³/mol. The van der Waals surface area contributed by atoms with Gasteiger partial charge in [-0.1, -0.05) is 50.4 Å². The minimum Gasteiger partial charge on any atom is -0.494 e. The zero-order chi connectivity index (χ0) is 22.8. The molecule has 1 unspecified atom stereocenters. The van der Waals surface area contributed by atoms with E-state index in [1.165, 1.54) is 0 Å². The third kappa shape index (κ3) is 4.02. The van der Waals surface area contributed by atoms with Crippen LogP contribution in [0.4, 0.5) is 0 Å². The molecule has 2 aromatic carbocycles. The maximum Gasteiger partial charge on any atom is 0.290 e. The average molecular weight is 454 g/mol. The van der Waals surface area contributed by atoms with E-state index in [9.17, 15) is 9.59 Å². The van der Waals surface area contributed by atoms with Crippen molar-refractivity contribution in [3.05, 3.63) is 74.1 Å². The van der Waals surface area contributed by atoms with Crippen LogP contribution in [0.1, 0.15) is 72.8 Å². The van der Waals surface area contributed by atoms with E-state index in [1.54, 1.807) is 17.0 Å². The smallest absolute Gasteiger partial charge is 0.290 e. The summed E-state index contributed by atoms with van der Waals surface area (Å²) in [5.41, 5.74) is 2.19. The third-order valence-electron chi connectivity index (χ3n) is 5.94. The second-order valence-electron chi connectivity index (χ2n) is 8.30. The van der Waals surface area contributed by atoms with Gasteiger partial charge < -0.3 is 14.1 Å². The molecule has 5 nitrogen and oxygen atoms in total. The van der Waals surface area contributed by atoms with Crippen LogP contribution in [0.3, 0.4) is 0 Å². The van der Waals surface area contributed by atoms with Crippen molar-refractivity contribution in [1.82, 2.24) is 4.90 Å². The van der Waals surface area contributed by atoms with Crippen molar-refractivity contribution in [2.75, 3.05) is 13.2 Å². The lowest BCUT2D eigenvalue weighted by molar-refractivity contribution is 0.0725. The number of unbranched alkanes of at least 4 members (excludes halogenated alkanes) is 2. The molecule has 1 amide bonds. The second-order valence-corrected chi connectivity index (χ2v) is 8.71. The first-order valence-corrected chi connectivity index (χ1v) is 11.6.